The van der Waals surface area contributed by atoms with E-state index in [-0.39, 0.29) is 22.8 Å². The van der Waals surface area contributed by atoms with E-state index >= 15 is 0 Å². The lowest BCUT2D eigenvalue weighted by atomic mass is 10.0. The molecule has 0 unspecified atom stereocenters. The Hall–Kier alpha value is -4.01. The maximum atomic E-state index is 14.7. The zero-order chi connectivity index (χ0) is 26.5. The van der Waals surface area contributed by atoms with Crippen LogP contribution < -0.4 is 15.8 Å². The molecule has 0 saturated heterocycles. The summed E-state index contributed by atoms with van der Waals surface area (Å²) in [5, 5.41) is 2.65. The van der Waals surface area contributed by atoms with Crippen molar-refractivity contribution in [1.29, 1.82) is 0 Å². The van der Waals surface area contributed by atoms with Gasteiger partial charge in [0.1, 0.15) is 23.7 Å². The number of carbonyl (C=O) groups excluding carboxylic acids is 1. The summed E-state index contributed by atoms with van der Waals surface area (Å²) >= 11 is 0. The van der Waals surface area contributed by atoms with Gasteiger partial charge in [-0.3, -0.25) is 4.79 Å². The number of hydrogen-bond donors (Lipinski definition) is 2. The van der Waals surface area contributed by atoms with Crippen LogP contribution in [0.25, 0.3) is 11.3 Å². The number of allylic oxidation sites excluding steroid dienone is 1. The van der Waals surface area contributed by atoms with Crippen LogP contribution in [0.3, 0.4) is 0 Å². The van der Waals surface area contributed by atoms with Crippen LogP contribution >= 0.6 is 0 Å². The largest absolute Gasteiger partial charge is 0.488 e. The van der Waals surface area contributed by atoms with Crippen molar-refractivity contribution in [3.05, 3.63) is 77.3 Å². The van der Waals surface area contributed by atoms with E-state index in [4.69, 9.17) is 10.5 Å². The number of rotatable bonds is 10. The van der Waals surface area contributed by atoms with Crippen molar-refractivity contribution in [3.8, 4) is 17.0 Å². The number of nitrogens with one attached hydrogen (secondary N) is 1. The van der Waals surface area contributed by atoms with Crippen LogP contribution in [0.1, 0.15) is 53.6 Å². The van der Waals surface area contributed by atoms with Gasteiger partial charge in [-0.25, -0.2) is 18.7 Å². The Kier molecular flexibility index (Phi) is 8.01. The van der Waals surface area contributed by atoms with Crippen molar-refractivity contribution in [2.24, 2.45) is 0 Å². The number of hydrogen-bond acceptors (Lipinski definition) is 6. The topological polar surface area (TPSA) is 93.4 Å². The number of nitrogen functional groups attached to an aromatic ring is 1. The van der Waals surface area contributed by atoms with Crippen LogP contribution in [0, 0.1) is 18.6 Å². The molecule has 9 heteroatoms. The number of nitrogens with zero attached hydrogens (tertiary/aromatic N) is 3. The highest BCUT2D eigenvalue weighted by atomic mass is 19.1. The lowest BCUT2D eigenvalue weighted by molar-refractivity contribution is 0.102. The second kappa shape index (κ2) is 11.4. The fourth-order valence-electron chi connectivity index (χ4n) is 4.17. The fraction of sp³-hybridized carbons (Fsp3) is 0.321. The number of benzene rings is 2. The SMILES string of the molecule is CC=CN(C)CCCOc1c(N)ncnc1-c1cc(F)cc(NC(=O)c2ccc(C3CC3)cc2F)c1C. The quantitative estimate of drug-likeness (QED) is 0.343. The van der Waals surface area contributed by atoms with Crippen molar-refractivity contribution in [2.75, 3.05) is 31.2 Å². The lowest BCUT2D eigenvalue weighted by Crippen LogP contribution is -2.16. The fourth-order valence-corrected chi connectivity index (χ4v) is 4.17. The first-order valence-electron chi connectivity index (χ1n) is 12.3. The molecule has 3 N–H and O–H groups in total. The van der Waals surface area contributed by atoms with E-state index in [0.717, 1.165) is 24.9 Å². The molecule has 0 spiro atoms. The molecule has 3 aromatic rings. The summed E-state index contributed by atoms with van der Waals surface area (Å²) in [5.41, 5.74) is 8.28. The van der Waals surface area contributed by atoms with Gasteiger partial charge < -0.3 is 20.7 Å². The molecule has 194 valence electrons. The molecule has 1 aliphatic carbocycles. The maximum absolute atomic E-state index is 14.7. The minimum Gasteiger partial charge on any atom is -0.488 e. The van der Waals surface area contributed by atoms with Crippen molar-refractivity contribution < 1.29 is 18.3 Å². The van der Waals surface area contributed by atoms with Gasteiger partial charge in [-0.05, 0) is 80.6 Å². The predicted molar refractivity (Wildman–Crippen MR) is 140 cm³/mol. The first-order valence-corrected chi connectivity index (χ1v) is 12.3. The highest BCUT2D eigenvalue weighted by molar-refractivity contribution is 6.05. The highest BCUT2D eigenvalue weighted by Gasteiger charge is 2.25. The Morgan fingerprint density at radius 2 is 2.03 bits per heavy atom. The number of nitrogens with two attached hydrogens (primary N) is 1. The van der Waals surface area contributed by atoms with Gasteiger partial charge in [0, 0.05) is 24.8 Å². The third-order valence-corrected chi connectivity index (χ3v) is 6.30. The van der Waals surface area contributed by atoms with Crippen LogP contribution in [0.15, 0.2) is 48.9 Å². The van der Waals surface area contributed by atoms with E-state index in [1.165, 1.54) is 30.6 Å². The molecule has 1 amide bonds. The molecule has 0 aliphatic heterocycles. The number of halogens is 2. The number of aromatic nitrogens is 2. The summed E-state index contributed by atoms with van der Waals surface area (Å²) in [4.78, 5) is 23.2. The summed E-state index contributed by atoms with van der Waals surface area (Å²) in [7, 11) is 1.96. The summed E-state index contributed by atoms with van der Waals surface area (Å²) in [6.45, 7) is 4.77. The number of ether oxygens (including phenoxy) is 1. The molecule has 0 bridgehead atoms. The van der Waals surface area contributed by atoms with Gasteiger partial charge in [-0.2, -0.15) is 0 Å². The Morgan fingerprint density at radius 3 is 2.73 bits per heavy atom. The van der Waals surface area contributed by atoms with Crippen molar-refractivity contribution in [1.82, 2.24) is 14.9 Å². The smallest absolute Gasteiger partial charge is 0.258 e. The molecule has 2 aromatic carbocycles. The molecule has 0 atom stereocenters. The van der Waals surface area contributed by atoms with E-state index < -0.39 is 17.5 Å². The van der Waals surface area contributed by atoms with Gasteiger partial charge in [-0.1, -0.05) is 12.1 Å². The monoisotopic (exact) mass is 507 g/mol. The maximum Gasteiger partial charge on any atom is 0.258 e. The number of amides is 1. The summed E-state index contributed by atoms with van der Waals surface area (Å²) in [6, 6.07) is 7.13. The second-order valence-electron chi connectivity index (χ2n) is 9.20. The molecule has 7 nitrogen and oxygen atoms in total. The average molecular weight is 508 g/mol. The minimum atomic E-state index is -0.663. The molecular weight excluding hydrogens is 476 g/mol. The normalized spacial score (nSPS) is 13.1. The van der Waals surface area contributed by atoms with Crippen molar-refractivity contribution in [3.63, 3.8) is 0 Å². The van der Waals surface area contributed by atoms with Gasteiger partial charge in [0.25, 0.3) is 5.91 Å². The van der Waals surface area contributed by atoms with Crippen LogP contribution in [0.5, 0.6) is 5.75 Å². The molecule has 1 aliphatic rings. The van der Waals surface area contributed by atoms with Gasteiger partial charge in [0.2, 0.25) is 0 Å². The molecule has 37 heavy (non-hydrogen) atoms. The summed E-state index contributed by atoms with van der Waals surface area (Å²) < 4.78 is 35.3. The molecule has 1 saturated carbocycles. The van der Waals surface area contributed by atoms with Crippen molar-refractivity contribution in [2.45, 2.75) is 39.0 Å². The molecule has 0 radical (unpaired) electrons. The standard InChI is InChI=1S/C28H31F2N5O2/c1-4-10-35(3)11-5-12-37-26-25(32-16-33-27(26)31)22-14-20(29)15-24(17(22)2)34-28(36)21-9-8-19(13-23(21)30)18-6-7-18/h4,8-10,13-16,18H,5-7,11-12H2,1-3H3,(H,34,36)(H2,31,32,33). The third kappa shape index (κ3) is 6.22. The van der Waals surface area contributed by atoms with E-state index in [2.05, 4.69) is 15.3 Å². The van der Waals surface area contributed by atoms with E-state index in [0.29, 0.717) is 35.8 Å². The summed E-state index contributed by atoms with van der Waals surface area (Å²) in [5.74, 6) is -1.14. The Morgan fingerprint density at radius 1 is 1.24 bits per heavy atom. The van der Waals surface area contributed by atoms with Gasteiger partial charge in [0.15, 0.2) is 11.6 Å². The molecular formula is C28H31F2N5O2. The minimum absolute atomic E-state index is 0.104. The Balaban J connectivity index is 1.57. The van der Waals surface area contributed by atoms with Gasteiger partial charge in [0.05, 0.1) is 12.2 Å². The van der Waals surface area contributed by atoms with Crippen LogP contribution in [-0.2, 0) is 0 Å². The zero-order valence-corrected chi connectivity index (χ0v) is 21.2. The molecule has 4 rings (SSSR count). The second-order valence-corrected chi connectivity index (χ2v) is 9.20. The van der Waals surface area contributed by atoms with E-state index in [1.54, 1.807) is 13.0 Å². The molecule has 1 aromatic heterocycles. The first-order chi connectivity index (χ1) is 17.8. The summed E-state index contributed by atoms with van der Waals surface area (Å²) in [6.07, 6.45) is 7.96. The molecule has 1 heterocycles. The van der Waals surface area contributed by atoms with Crippen LogP contribution in [0.2, 0.25) is 0 Å². The number of carbonyl (C=O) groups is 1. The van der Waals surface area contributed by atoms with Crippen LogP contribution in [-0.4, -0.2) is 41.0 Å². The van der Waals surface area contributed by atoms with Crippen LogP contribution in [0.4, 0.5) is 20.3 Å². The highest BCUT2D eigenvalue weighted by Crippen LogP contribution is 2.40. The number of anilines is 2. The zero-order valence-electron chi connectivity index (χ0n) is 21.2. The predicted octanol–water partition coefficient (Wildman–Crippen LogP) is 5.68. The van der Waals surface area contributed by atoms with E-state index in [9.17, 15) is 13.6 Å². The van der Waals surface area contributed by atoms with E-state index in [1.807, 2.05) is 31.1 Å². The van der Waals surface area contributed by atoms with Gasteiger partial charge in [-0.15, -0.1) is 0 Å². The lowest BCUT2D eigenvalue weighted by Gasteiger charge is -2.17. The first kappa shape index (κ1) is 26.1. The average Bonchev–Trinajstić information content (AvgIpc) is 3.70. The Bertz CT molecular complexity index is 1320. The Labute approximate surface area is 215 Å². The third-order valence-electron chi connectivity index (χ3n) is 6.30. The van der Waals surface area contributed by atoms with Gasteiger partial charge >= 0.3 is 0 Å². The van der Waals surface area contributed by atoms with Crippen molar-refractivity contribution >= 4 is 17.4 Å². The molecule has 1 fully saturated rings.